The van der Waals surface area contributed by atoms with Gasteiger partial charge in [0.25, 0.3) is 5.91 Å². The molecule has 5 nitrogen and oxygen atoms in total. The van der Waals surface area contributed by atoms with Crippen LogP contribution in [-0.2, 0) is 16.1 Å². The van der Waals surface area contributed by atoms with E-state index in [1.54, 1.807) is 6.07 Å². The fourth-order valence-corrected chi connectivity index (χ4v) is 2.59. The Balaban J connectivity index is 2.07. The zero-order valence-electron chi connectivity index (χ0n) is 14.6. The Bertz CT molecular complexity index is 718. The first-order valence-electron chi connectivity index (χ1n) is 8.05. The topological polar surface area (TPSA) is 60.3 Å². The third-order valence-electron chi connectivity index (χ3n) is 3.76. The van der Waals surface area contributed by atoms with Gasteiger partial charge in [-0.25, -0.2) is 4.79 Å². The van der Waals surface area contributed by atoms with E-state index in [0.717, 1.165) is 17.0 Å². The molecule has 1 amide bonds. The van der Waals surface area contributed by atoms with Crippen LogP contribution in [0.25, 0.3) is 0 Å². The summed E-state index contributed by atoms with van der Waals surface area (Å²) in [6, 6.07) is 11.9. The second kappa shape index (κ2) is 7.81. The lowest BCUT2D eigenvalue weighted by Crippen LogP contribution is -2.34. The molecule has 1 aromatic carbocycles. The van der Waals surface area contributed by atoms with Gasteiger partial charge in [-0.1, -0.05) is 30.3 Å². The Kier molecular flexibility index (Phi) is 5.79. The molecule has 0 aliphatic heterocycles. The summed E-state index contributed by atoms with van der Waals surface area (Å²) in [7, 11) is 0. The largest absolute Gasteiger partial charge is 0.452 e. The fourth-order valence-electron chi connectivity index (χ4n) is 2.59. The van der Waals surface area contributed by atoms with Gasteiger partial charge < -0.3 is 14.6 Å². The monoisotopic (exact) mass is 328 g/mol. The predicted octanol–water partition coefficient (Wildman–Crippen LogP) is 2.83. The minimum absolute atomic E-state index is 0.0205. The molecule has 0 fully saturated rings. The van der Waals surface area contributed by atoms with E-state index in [2.05, 4.69) is 9.88 Å². The van der Waals surface area contributed by atoms with Crippen LogP contribution in [0.4, 0.5) is 0 Å². The van der Waals surface area contributed by atoms with Gasteiger partial charge in [0.1, 0.15) is 0 Å². The number of aryl methyl sites for hydroxylation is 1. The second-order valence-electron chi connectivity index (χ2n) is 6.15. The van der Waals surface area contributed by atoms with E-state index >= 15 is 0 Å². The van der Waals surface area contributed by atoms with Crippen LogP contribution >= 0.6 is 0 Å². The normalized spacial score (nSPS) is 10.7. The molecular weight excluding hydrogens is 304 g/mol. The molecule has 0 saturated heterocycles. The molecule has 0 atom stereocenters. The Hall–Kier alpha value is -2.56. The van der Waals surface area contributed by atoms with Crippen molar-refractivity contribution in [2.24, 2.45) is 0 Å². The lowest BCUT2D eigenvalue weighted by molar-refractivity contribution is -0.124. The van der Waals surface area contributed by atoms with Crippen molar-refractivity contribution in [3.05, 3.63) is 58.9 Å². The number of nitrogens with zero attached hydrogens (tertiary/aromatic N) is 1. The van der Waals surface area contributed by atoms with Crippen LogP contribution in [-0.4, -0.2) is 29.1 Å². The highest BCUT2D eigenvalue weighted by Gasteiger charge is 2.18. The molecule has 0 aliphatic rings. The Morgan fingerprint density at radius 2 is 1.83 bits per heavy atom. The minimum Gasteiger partial charge on any atom is -0.452 e. The van der Waals surface area contributed by atoms with Gasteiger partial charge >= 0.3 is 5.97 Å². The van der Waals surface area contributed by atoms with Crippen molar-refractivity contribution in [1.82, 2.24) is 9.88 Å². The molecule has 24 heavy (non-hydrogen) atoms. The first-order chi connectivity index (χ1) is 11.4. The molecule has 0 unspecified atom stereocenters. The molecular formula is C19H24N2O3. The van der Waals surface area contributed by atoms with Crippen LogP contribution < -0.4 is 5.32 Å². The van der Waals surface area contributed by atoms with Crippen molar-refractivity contribution in [2.75, 3.05) is 6.61 Å². The number of carbonyl (C=O) groups excluding carboxylic acids is 2. The number of hydrogen-bond acceptors (Lipinski definition) is 3. The summed E-state index contributed by atoms with van der Waals surface area (Å²) in [5.74, 6) is -0.766. The Labute approximate surface area is 142 Å². The van der Waals surface area contributed by atoms with Crippen LogP contribution in [0.5, 0.6) is 0 Å². The second-order valence-corrected chi connectivity index (χ2v) is 6.15. The lowest BCUT2D eigenvalue weighted by Gasteiger charge is -2.10. The van der Waals surface area contributed by atoms with E-state index in [4.69, 9.17) is 4.74 Å². The van der Waals surface area contributed by atoms with Gasteiger partial charge in [-0.2, -0.15) is 0 Å². The van der Waals surface area contributed by atoms with Crippen molar-refractivity contribution < 1.29 is 14.3 Å². The Morgan fingerprint density at radius 3 is 2.46 bits per heavy atom. The molecule has 2 aromatic rings. The number of carbonyl (C=O) groups is 2. The van der Waals surface area contributed by atoms with E-state index in [1.807, 2.05) is 58.0 Å². The number of benzene rings is 1. The predicted molar refractivity (Wildman–Crippen MR) is 93.0 cm³/mol. The van der Waals surface area contributed by atoms with Crippen LogP contribution in [0, 0.1) is 13.8 Å². The maximum absolute atomic E-state index is 12.3. The number of aromatic nitrogens is 1. The Morgan fingerprint density at radius 1 is 1.17 bits per heavy atom. The number of esters is 1. The van der Waals surface area contributed by atoms with E-state index in [0.29, 0.717) is 12.1 Å². The zero-order valence-corrected chi connectivity index (χ0v) is 14.6. The van der Waals surface area contributed by atoms with Crippen LogP contribution in [0.2, 0.25) is 0 Å². The summed E-state index contributed by atoms with van der Waals surface area (Å²) in [4.78, 5) is 23.9. The van der Waals surface area contributed by atoms with Crippen LogP contribution in [0.15, 0.2) is 36.4 Å². The maximum atomic E-state index is 12.3. The van der Waals surface area contributed by atoms with Crippen LogP contribution in [0.3, 0.4) is 0 Å². The minimum atomic E-state index is -0.471. The average molecular weight is 328 g/mol. The SMILES string of the molecule is Cc1cc(C(=O)OCC(=O)NC(C)C)c(C)n1Cc1ccccc1. The summed E-state index contributed by atoms with van der Waals surface area (Å²) < 4.78 is 7.20. The van der Waals surface area contributed by atoms with Gasteiger partial charge in [0.05, 0.1) is 5.56 Å². The van der Waals surface area contributed by atoms with Crippen molar-refractivity contribution in [1.29, 1.82) is 0 Å². The highest BCUT2D eigenvalue weighted by Crippen LogP contribution is 2.18. The molecule has 1 aromatic heterocycles. The maximum Gasteiger partial charge on any atom is 0.340 e. The molecule has 0 spiro atoms. The van der Waals surface area contributed by atoms with Gasteiger partial charge in [0, 0.05) is 24.0 Å². The summed E-state index contributed by atoms with van der Waals surface area (Å²) in [5.41, 5.74) is 3.48. The fraction of sp³-hybridized carbons (Fsp3) is 0.368. The first kappa shape index (κ1) is 17.8. The zero-order chi connectivity index (χ0) is 17.7. The summed E-state index contributed by atoms with van der Waals surface area (Å²) in [5, 5.41) is 2.69. The number of rotatable bonds is 6. The smallest absolute Gasteiger partial charge is 0.340 e. The number of nitrogens with one attached hydrogen (secondary N) is 1. The van der Waals surface area contributed by atoms with E-state index in [1.165, 1.54) is 0 Å². The number of hydrogen-bond donors (Lipinski definition) is 1. The number of amides is 1. The summed E-state index contributed by atoms with van der Waals surface area (Å²) >= 11 is 0. The van der Waals surface area contributed by atoms with Gasteiger partial charge in [0.2, 0.25) is 0 Å². The highest BCUT2D eigenvalue weighted by atomic mass is 16.5. The van der Waals surface area contributed by atoms with Crippen molar-refractivity contribution in [3.63, 3.8) is 0 Å². The van der Waals surface area contributed by atoms with Gasteiger partial charge in [-0.05, 0) is 39.3 Å². The molecule has 128 valence electrons. The molecule has 1 heterocycles. The van der Waals surface area contributed by atoms with Gasteiger partial charge in [-0.15, -0.1) is 0 Å². The first-order valence-corrected chi connectivity index (χ1v) is 8.05. The quantitative estimate of drug-likeness (QED) is 0.830. The van der Waals surface area contributed by atoms with Crippen molar-refractivity contribution in [3.8, 4) is 0 Å². The van der Waals surface area contributed by atoms with Gasteiger partial charge in [0.15, 0.2) is 6.61 Å². The molecule has 1 N–H and O–H groups in total. The molecule has 0 radical (unpaired) electrons. The number of ether oxygens (including phenoxy) is 1. The summed E-state index contributed by atoms with van der Waals surface area (Å²) in [6.45, 7) is 7.99. The van der Waals surface area contributed by atoms with E-state index < -0.39 is 5.97 Å². The average Bonchev–Trinajstić information content (AvgIpc) is 2.81. The summed E-state index contributed by atoms with van der Waals surface area (Å²) in [6.07, 6.45) is 0. The third-order valence-corrected chi connectivity index (χ3v) is 3.76. The third kappa shape index (κ3) is 4.47. The molecule has 5 heteroatoms. The molecule has 0 aliphatic carbocycles. The molecule has 2 rings (SSSR count). The standard InChI is InChI=1S/C19H24N2O3/c1-13(2)20-18(22)12-24-19(23)17-10-14(3)21(15(17)4)11-16-8-6-5-7-9-16/h5-10,13H,11-12H2,1-4H3,(H,20,22). The van der Waals surface area contributed by atoms with Gasteiger partial charge in [-0.3, -0.25) is 4.79 Å². The molecule has 0 bridgehead atoms. The van der Waals surface area contributed by atoms with Crippen molar-refractivity contribution >= 4 is 11.9 Å². The van der Waals surface area contributed by atoms with E-state index in [9.17, 15) is 9.59 Å². The van der Waals surface area contributed by atoms with Crippen molar-refractivity contribution in [2.45, 2.75) is 40.3 Å². The van der Waals surface area contributed by atoms with Crippen LogP contribution in [0.1, 0.15) is 41.2 Å². The highest BCUT2D eigenvalue weighted by molar-refractivity contribution is 5.92. The van der Waals surface area contributed by atoms with E-state index in [-0.39, 0.29) is 18.6 Å². The molecule has 0 saturated carbocycles. The lowest BCUT2D eigenvalue weighted by atomic mass is 10.2.